The Bertz CT molecular complexity index is 508. The topological polar surface area (TPSA) is 24.9 Å². The molecule has 0 unspecified atom stereocenters. The van der Waals surface area contributed by atoms with Crippen LogP contribution in [0.1, 0.15) is 29.7 Å². The van der Waals surface area contributed by atoms with Gasteiger partial charge in [-0.25, -0.2) is 0 Å². The molecule has 0 fully saturated rings. The van der Waals surface area contributed by atoms with Crippen LogP contribution in [0.2, 0.25) is 0 Å². The maximum atomic E-state index is 4.16. The van der Waals surface area contributed by atoms with Crippen molar-refractivity contribution < 1.29 is 0 Å². The molecule has 1 N–H and O–H groups in total. The summed E-state index contributed by atoms with van der Waals surface area (Å²) in [5.74, 6) is 0. The van der Waals surface area contributed by atoms with E-state index in [0.717, 1.165) is 11.0 Å². The maximum absolute atomic E-state index is 4.16. The van der Waals surface area contributed by atoms with Crippen molar-refractivity contribution in [3.05, 3.63) is 63.9 Å². The molecule has 0 saturated heterocycles. The van der Waals surface area contributed by atoms with Crippen molar-refractivity contribution in [1.29, 1.82) is 0 Å². The smallest absolute Gasteiger partial charge is 0.0410 e. The SMILES string of the molecule is Cc1ccc([C@H](C)NCc2cncc(Br)c2)cc1. The first-order chi connectivity index (χ1) is 8.65. The normalized spacial score (nSPS) is 12.4. The standard InChI is InChI=1S/C15H17BrN2/c1-11-3-5-14(6-4-11)12(2)18-9-13-7-15(16)10-17-8-13/h3-8,10,12,18H,9H2,1-2H3/t12-/m0/s1. The van der Waals surface area contributed by atoms with Crippen LogP contribution in [0.5, 0.6) is 0 Å². The van der Waals surface area contributed by atoms with E-state index in [9.17, 15) is 0 Å². The number of aryl methyl sites for hydroxylation is 1. The van der Waals surface area contributed by atoms with Gasteiger partial charge < -0.3 is 5.32 Å². The molecule has 94 valence electrons. The molecule has 0 bridgehead atoms. The molecule has 0 aliphatic heterocycles. The molecular formula is C15H17BrN2. The number of benzene rings is 1. The van der Waals surface area contributed by atoms with Crippen LogP contribution >= 0.6 is 15.9 Å². The second-order valence-electron chi connectivity index (χ2n) is 4.52. The Morgan fingerprint density at radius 3 is 2.61 bits per heavy atom. The van der Waals surface area contributed by atoms with Crippen molar-refractivity contribution >= 4 is 15.9 Å². The van der Waals surface area contributed by atoms with E-state index in [1.807, 2.05) is 6.20 Å². The van der Waals surface area contributed by atoms with E-state index in [1.54, 1.807) is 6.20 Å². The fourth-order valence-corrected chi connectivity index (χ4v) is 2.21. The highest BCUT2D eigenvalue weighted by atomic mass is 79.9. The monoisotopic (exact) mass is 304 g/mol. The molecule has 3 heteroatoms. The molecule has 0 aliphatic carbocycles. The van der Waals surface area contributed by atoms with E-state index in [-0.39, 0.29) is 0 Å². The summed E-state index contributed by atoms with van der Waals surface area (Å²) in [6, 6.07) is 11.1. The fraction of sp³-hybridized carbons (Fsp3) is 0.267. The van der Waals surface area contributed by atoms with E-state index in [0.29, 0.717) is 6.04 Å². The summed E-state index contributed by atoms with van der Waals surface area (Å²) in [6.45, 7) is 5.10. The third-order valence-electron chi connectivity index (χ3n) is 2.95. The summed E-state index contributed by atoms with van der Waals surface area (Å²) in [6.07, 6.45) is 3.69. The number of pyridine rings is 1. The summed E-state index contributed by atoms with van der Waals surface area (Å²) in [5, 5.41) is 3.50. The molecule has 1 aromatic carbocycles. The Morgan fingerprint density at radius 2 is 1.94 bits per heavy atom. The van der Waals surface area contributed by atoms with Crippen LogP contribution in [-0.4, -0.2) is 4.98 Å². The zero-order chi connectivity index (χ0) is 13.0. The van der Waals surface area contributed by atoms with Crippen molar-refractivity contribution in [2.45, 2.75) is 26.4 Å². The van der Waals surface area contributed by atoms with Crippen LogP contribution < -0.4 is 5.32 Å². The first kappa shape index (κ1) is 13.2. The lowest BCUT2D eigenvalue weighted by atomic mass is 10.1. The Morgan fingerprint density at radius 1 is 1.22 bits per heavy atom. The van der Waals surface area contributed by atoms with Crippen molar-refractivity contribution in [1.82, 2.24) is 10.3 Å². The third-order valence-corrected chi connectivity index (χ3v) is 3.38. The lowest BCUT2D eigenvalue weighted by molar-refractivity contribution is 0.573. The molecule has 1 atom stereocenters. The maximum Gasteiger partial charge on any atom is 0.0410 e. The second-order valence-corrected chi connectivity index (χ2v) is 5.44. The average molecular weight is 305 g/mol. The number of hydrogen-bond acceptors (Lipinski definition) is 2. The van der Waals surface area contributed by atoms with Crippen LogP contribution in [0.4, 0.5) is 0 Å². The van der Waals surface area contributed by atoms with Gasteiger partial charge in [0, 0.05) is 29.5 Å². The van der Waals surface area contributed by atoms with Crippen LogP contribution in [0.3, 0.4) is 0 Å². The number of halogens is 1. The van der Waals surface area contributed by atoms with E-state index >= 15 is 0 Å². The van der Waals surface area contributed by atoms with Crippen LogP contribution in [0.15, 0.2) is 47.2 Å². The summed E-state index contributed by atoms with van der Waals surface area (Å²) in [4.78, 5) is 4.16. The van der Waals surface area contributed by atoms with Gasteiger partial charge in [-0.15, -0.1) is 0 Å². The van der Waals surface area contributed by atoms with Crippen molar-refractivity contribution in [2.24, 2.45) is 0 Å². The summed E-state index contributed by atoms with van der Waals surface area (Å²) in [5.41, 5.74) is 3.79. The zero-order valence-electron chi connectivity index (χ0n) is 10.7. The largest absolute Gasteiger partial charge is 0.306 e. The van der Waals surface area contributed by atoms with Crippen LogP contribution in [0.25, 0.3) is 0 Å². The minimum atomic E-state index is 0.338. The number of hydrogen-bond donors (Lipinski definition) is 1. The number of nitrogens with one attached hydrogen (secondary N) is 1. The number of nitrogens with zero attached hydrogens (tertiary/aromatic N) is 1. The van der Waals surface area contributed by atoms with E-state index in [2.05, 4.69) is 70.4 Å². The van der Waals surface area contributed by atoms with Gasteiger partial charge in [0.2, 0.25) is 0 Å². The fourth-order valence-electron chi connectivity index (χ4n) is 1.80. The highest BCUT2D eigenvalue weighted by molar-refractivity contribution is 9.10. The van der Waals surface area contributed by atoms with Gasteiger partial charge >= 0.3 is 0 Å². The summed E-state index contributed by atoms with van der Waals surface area (Å²) < 4.78 is 1.02. The van der Waals surface area contributed by atoms with Crippen molar-refractivity contribution in [2.75, 3.05) is 0 Å². The van der Waals surface area contributed by atoms with E-state index in [1.165, 1.54) is 16.7 Å². The molecule has 0 aliphatic rings. The van der Waals surface area contributed by atoms with Gasteiger partial charge in [0.25, 0.3) is 0 Å². The zero-order valence-corrected chi connectivity index (χ0v) is 12.2. The van der Waals surface area contributed by atoms with Crippen molar-refractivity contribution in [3.63, 3.8) is 0 Å². The van der Waals surface area contributed by atoms with Crippen LogP contribution in [-0.2, 0) is 6.54 Å². The number of rotatable bonds is 4. The minimum Gasteiger partial charge on any atom is -0.306 e. The highest BCUT2D eigenvalue weighted by Crippen LogP contribution is 2.15. The molecule has 0 spiro atoms. The molecule has 1 aromatic heterocycles. The van der Waals surface area contributed by atoms with Gasteiger partial charge in [0.1, 0.15) is 0 Å². The Hall–Kier alpha value is -1.19. The predicted molar refractivity (Wildman–Crippen MR) is 78.4 cm³/mol. The second kappa shape index (κ2) is 6.12. The molecule has 1 heterocycles. The first-order valence-corrected chi connectivity index (χ1v) is 6.84. The van der Waals surface area contributed by atoms with Gasteiger partial charge in [-0.1, -0.05) is 29.8 Å². The third kappa shape index (κ3) is 3.65. The Balaban J connectivity index is 1.96. The average Bonchev–Trinajstić information content (AvgIpc) is 2.37. The quantitative estimate of drug-likeness (QED) is 0.923. The van der Waals surface area contributed by atoms with E-state index < -0.39 is 0 Å². The molecule has 2 rings (SSSR count). The lowest BCUT2D eigenvalue weighted by Gasteiger charge is -2.14. The summed E-state index contributed by atoms with van der Waals surface area (Å²) >= 11 is 3.43. The first-order valence-electron chi connectivity index (χ1n) is 6.04. The molecule has 2 aromatic rings. The van der Waals surface area contributed by atoms with Crippen molar-refractivity contribution in [3.8, 4) is 0 Å². The van der Waals surface area contributed by atoms with Gasteiger partial charge in [-0.3, -0.25) is 4.98 Å². The van der Waals surface area contributed by atoms with E-state index in [4.69, 9.17) is 0 Å². The molecule has 0 saturated carbocycles. The number of aromatic nitrogens is 1. The molecule has 18 heavy (non-hydrogen) atoms. The predicted octanol–water partition coefficient (Wildman–Crippen LogP) is 4.00. The van der Waals surface area contributed by atoms with Gasteiger partial charge in [-0.05, 0) is 47.0 Å². The van der Waals surface area contributed by atoms with Gasteiger partial charge in [0.05, 0.1) is 0 Å². The van der Waals surface area contributed by atoms with Gasteiger partial charge in [-0.2, -0.15) is 0 Å². The Labute approximate surface area is 117 Å². The minimum absolute atomic E-state index is 0.338. The summed E-state index contributed by atoms with van der Waals surface area (Å²) in [7, 11) is 0. The molecular weight excluding hydrogens is 288 g/mol. The highest BCUT2D eigenvalue weighted by Gasteiger charge is 2.04. The molecule has 2 nitrogen and oxygen atoms in total. The Kier molecular flexibility index (Phi) is 4.50. The lowest BCUT2D eigenvalue weighted by Crippen LogP contribution is -2.18. The molecule has 0 amide bonds. The van der Waals surface area contributed by atoms with Crippen LogP contribution in [0, 0.1) is 6.92 Å². The molecule has 0 radical (unpaired) electrons. The van der Waals surface area contributed by atoms with Gasteiger partial charge in [0.15, 0.2) is 0 Å².